The fourth-order valence-corrected chi connectivity index (χ4v) is 2.56. The molecule has 0 aromatic heterocycles. The van der Waals surface area contributed by atoms with E-state index in [9.17, 15) is 4.79 Å². The molecule has 0 bridgehead atoms. The molecule has 0 heterocycles. The predicted octanol–water partition coefficient (Wildman–Crippen LogP) is 5.43. The largest absolute Gasteiger partial charge is 0.331 e. The van der Waals surface area contributed by atoms with Gasteiger partial charge >= 0.3 is 0 Å². The van der Waals surface area contributed by atoms with Gasteiger partial charge < -0.3 is 5.32 Å². The van der Waals surface area contributed by atoms with Gasteiger partial charge in [0.05, 0.1) is 20.8 Å². The van der Waals surface area contributed by atoms with Crippen LogP contribution < -0.4 is 10.6 Å². The molecule has 2 aromatic rings. The summed E-state index contributed by atoms with van der Waals surface area (Å²) in [6.45, 7) is 0. The van der Waals surface area contributed by atoms with Gasteiger partial charge in [-0.05, 0) is 42.5 Å². The van der Waals surface area contributed by atoms with Gasteiger partial charge in [0.25, 0.3) is 5.91 Å². The highest BCUT2D eigenvalue weighted by molar-refractivity contribution is 7.80. The number of nitrogens with one attached hydrogen (secondary N) is 2. The molecule has 0 aliphatic heterocycles. The van der Waals surface area contributed by atoms with Crippen molar-refractivity contribution < 1.29 is 4.79 Å². The molecule has 0 saturated carbocycles. The van der Waals surface area contributed by atoms with Gasteiger partial charge in [-0.25, -0.2) is 0 Å². The number of benzene rings is 2. The van der Waals surface area contributed by atoms with Crippen molar-refractivity contribution in [1.29, 1.82) is 0 Å². The highest BCUT2D eigenvalue weighted by Gasteiger charge is 2.11. The number of amides is 1. The third kappa shape index (κ3) is 4.48. The standard InChI is InChI=1S/C14H8Cl4N2OS/c15-8-3-1-2-7(4-8)13(21)20-14(22)19-12-6-10(17)9(16)5-11(12)18/h1-6H,(H2,19,20,21,22). The molecular formula is C14H8Cl4N2OS. The molecule has 0 radical (unpaired) electrons. The van der Waals surface area contributed by atoms with Crippen LogP contribution in [0, 0.1) is 0 Å². The normalized spacial score (nSPS) is 10.2. The molecule has 114 valence electrons. The second kappa shape index (κ2) is 7.49. The molecule has 2 rings (SSSR count). The Labute approximate surface area is 152 Å². The summed E-state index contributed by atoms with van der Waals surface area (Å²) in [5.74, 6) is -0.392. The lowest BCUT2D eigenvalue weighted by Crippen LogP contribution is -2.34. The zero-order valence-electron chi connectivity index (χ0n) is 10.8. The fourth-order valence-electron chi connectivity index (χ4n) is 1.58. The molecule has 0 fully saturated rings. The molecule has 0 spiro atoms. The third-order valence-electron chi connectivity index (χ3n) is 2.57. The second-order valence-electron chi connectivity index (χ2n) is 4.16. The summed E-state index contributed by atoms with van der Waals surface area (Å²) in [5.41, 5.74) is 0.823. The van der Waals surface area contributed by atoms with E-state index in [-0.39, 0.29) is 5.11 Å². The summed E-state index contributed by atoms with van der Waals surface area (Å²) in [7, 11) is 0. The highest BCUT2D eigenvalue weighted by atomic mass is 35.5. The number of hydrogen-bond donors (Lipinski definition) is 2. The molecular weight excluding hydrogens is 386 g/mol. The number of halogens is 4. The van der Waals surface area contributed by atoms with Crippen LogP contribution in [0.3, 0.4) is 0 Å². The van der Waals surface area contributed by atoms with Crippen molar-refractivity contribution in [3.05, 3.63) is 62.1 Å². The van der Waals surface area contributed by atoms with Crippen molar-refractivity contribution in [2.75, 3.05) is 5.32 Å². The summed E-state index contributed by atoms with van der Waals surface area (Å²) >= 11 is 28.7. The Hall–Kier alpha value is -1.04. The number of carbonyl (C=O) groups is 1. The van der Waals surface area contributed by atoms with Crippen molar-refractivity contribution in [3.63, 3.8) is 0 Å². The van der Waals surface area contributed by atoms with Crippen LogP contribution in [0.15, 0.2) is 36.4 Å². The maximum atomic E-state index is 12.0. The fraction of sp³-hybridized carbons (Fsp3) is 0. The Kier molecular flexibility index (Phi) is 5.89. The highest BCUT2D eigenvalue weighted by Crippen LogP contribution is 2.32. The lowest BCUT2D eigenvalue weighted by Gasteiger charge is -2.12. The number of rotatable bonds is 2. The van der Waals surface area contributed by atoms with Crippen molar-refractivity contribution in [3.8, 4) is 0 Å². The van der Waals surface area contributed by atoms with Gasteiger partial charge in [-0.3, -0.25) is 10.1 Å². The summed E-state index contributed by atoms with van der Waals surface area (Å²) in [4.78, 5) is 12.0. The molecule has 8 heteroatoms. The van der Waals surface area contributed by atoms with E-state index < -0.39 is 5.91 Å². The van der Waals surface area contributed by atoms with Gasteiger partial charge in [0, 0.05) is 10.6 Å². The Balaban J connectivity index is 2.07. The van der Waals surface area contributed by atoms with E-state index >= 15 is 0 Å². The minimum atomic E-state index is -0.392. The van der Waals surface area contributed by atoms with Gasteiger partial charge in [0.15, 0.2) is 5.11 Å². The SMILES string of the molecule is O=C(NC(=S)Nc1cc(Cl)c(Cl)cc1Cl)c1cccc(Cl)c1. The van der Waals surface area contributed by atoms with E-state index in [1.54, 1.807) is 18.2 Å². The number of anilines is 1. The van der Waals surface area contributed by atoms with Gasteiger partial charge in [0.1, 0.15) is 0 Å². The first-order chi connectivity index (χ1) is 10.4. The van der Waals surface area contributed by atoms with Crippen LogP contribution in [-0.2, 0) is 0 Å². The van der Waals surface area contributed by atoms with Crippen molar-refractivity contribution in [2.45, 2.75) is 0 Å². The van der Waals surface area contributed by atoms with Crippen LogP contribution in [-0.4, -0.2) is 11.0 Å². The van der Waals surface area contributed by atoms with E-state index in [1.807, 2.05) is 0 Å². The average Bonchev–Trinajstić information content (AvgIpc) is 2.44. The van der Waals surface area contributed by atoms with Crippen molar-refractivity contribution >= 4 is 75.3 Å². The maximum absolute atomic E-state index is 12.0. The predicted molar refractivity (Wildman–Crippen MR) is 96.6 cm³/mol. The molecule has 1 amide bonds. The quantitative estimate of drug-likeness (QED) is 0.528. The van der Waals surface area contributed by atoms with E-state index in [4.69, 9.17) is 58.6 Å². The van der Waals surface area contributed by atoms with E-state index in [0.717, 1.165) is 0 Å². The van der Waals surface area contributed by atoms with Crippen LogP contribution >= 0.6 is 58.6 Å². The van der Waals surface area contributed by atoms with E-state index in [1.165, 1.54) is 18.2 Å². The lowest BCUT2D eigenvalue weighted by atomic mass is 10.2. The zero-order chi connectivity index (χ0) is 16.3. The molecule has 2 N–H and O–H groups in total. The van der Waals surface area contributed by atoms with E-state index in [0.29, 0.717) is 31.3 Å². The monoisotopic (exact) mass is 392 g/mol. The maximum Gasteiger partial charge on any atom is 0.257 e. The summed E-state index contributed by atoms with van der Waals surface area (Å²) in [5, 5.41) is 6.81. The molecule has 0 atom stereocenters. The van der Waals surface area contributed by atoms with Crippen LogP contribution in [0.2, 0.25) is 20.1 Å². The van der Waals surface area contributed by atoms with Crippen LogP contribution in [0.5, 0.6) is 0 Å². The van der Waals surface area contributed by atoms with Crippen LogP contribution in [0.4, 0.5) is 5.69 Å². The molecule has 22 heavy (non-hydrogen) atoms. The first kappa shape index (κ1) is 17.3. The number of thiocarbonyl (C=S) groups is 1. The van der Waals surface area contributed by atoms with Gasteiger partial charge in [-0.1, -0.05) is 52.5 Å². The van der Waals surface area contributed by atoms with Gasteiger partial charge in [-0.2, -0.15) is 0 Å². The Morgan fingerprint density at radius 1 is 0.955 bits per heavy atom. The second-order valence-corrected chi connectivity index (χ2v) is 6.23. The zero-order valence-corrected chi connectivity index (χ0v) is 14.6. The Bertz CT molecular complexity index is 752. The van der Waals surface area contributed by atoms with Crippen molar-refractivity contribution in [1.82, 2.24) is 5.32 Å². The molecule has 2 aromatic carbocycles. The first-order valence-corrected chi connectivity index (χ1v) is 7.81. The molecule has 0 aliphatic carbocycles. The minimum absolute atomic E-state index is 0.0743. The number of hydrogen-bond acceptors (Lipinski definition) is 2. The lowest BCUT2D eigenvalue weighted by molar-refractivity contribution is 0.0977. The van der Waals surface area contributed by atoms with Crippen LogP contribution in [0.25, 0.3) is 0 Å². The first-order valence-electron chi connectivity index (χ1n) is 5.89. The third-order valence-corrected chi connectivity index (χ3v) is 4.05. The molecule has 0 saturated heterocycles. The molecule has 3 nitrogen and oxygen atoms in total. The molecule has 0 unspecified atom stereocenters. The topological polar surface area (TPSA) is 41.1 Å². The Morgan fingerprint density at radius 3 is 2.32 bits per heavy atom. The summed E-state index contributed by atoms with van der Waals surface area (Å²) in [6.07, 6.45) is 0. The van der Waals surface area contributed by atoms with E-state index in [2.05, 4.69) is 10.6 Å². The minimum Gasteiger partial charge on any atom is -0.331 e. The molecule has 0 aliphatic rings. The van der Waals surface area contributed by atoms with Gasteiger partial charge in [0.2, 0.25) is 0 Å². The number of carbonyl (C=O) groups excluding carboxylic acids is 1. The Morgan fingerprint density at radius 2 is 1.64 bits per heavy atom. The summed E-state index contributed by atoms with van der Waals surface area (Å²) < 4.78 is 0. The smallest absolute Gasteiger partial charge is 0.257 e. The average molecular weight is 394 g/mol. The summed E-state index contributed by atoms with van der Waals surface area (Å²) in [6, 6.07) is 9.49. The van der Waals surface area contributed by atoms with Crippen molar-refractivity contribution in [2.24, 2.45) is 0 Å². The van der Waals surface area contributed by atoms with Crippen LogP contribution in [0.1, 0.15) is 10.4 Å². The van der Waals surface area contributed by atoms with Gasteiger partial charge in [-0.15, -0.1) is 0 Å².